The monoisotopic (exact) mass is 212 g/mol. The third-order valence-electron chi connectivity index (χ3n) is 3.51. The lowest BCUT2D eigenvalue weighted by molar-refractivity contribution is 1.10. The van der Waals surface area contributed by atoms with Gasteiger partial charge < -0.3 is 0 Å². The van der Waals surface area contributed by atoms with Crippen LogP contribution < -0.4 is 0 Å². The summed E-state index contributed by atoms with van der Waals surface area (Å²) in [6.45, 7) is 8.87. The highest BCUT2D eigenvalue weighted by atomic mass is 14.1. The molecule has 0 heteroatoms. The van der Waals surface area contributed by atoms with Gasteiger partial charge in [-0.05, 0) is 59.7 Å². The summed E-state index contributed by atoms with van der Waals surface area (Å²) < 4.78 is 0. The summed E-state index contributed by atoms with van der Waals surface area (Å²) in [5.74, 6) is 0. The first-order valence-electron chi connectivity index (χ1n) is 6.18. The highest BCUT2D eigenvalue weighted by Crippen LogP contribution is 2.24. The molecule has 0 spiro atoms. The van der Waals surface area contributed by atoms with Gasteiger partial charge in [0.05, 0.1) is 0 Å². The number of aryl methyl sites for hydroxylation is 4. The van der Waals surface area contributed by atoms with E-state index in [9.17, 15) is 0 Å². The minimum atomic E-state index is 1.12. The number of rotatable bonds is 2. The van der Waals surface area contributed by atoms with Crippen LogP contribution in [0.4, 0.5) is 0 Å². The zero-order valence-electron chi connectivity index (χ0n) is 10.7. The maximum absolute atomic E-state index is 2.35. The van der Waals surface area contributed by atoms with Crippen molar-refractivity contribution in [3.8, 4) is 0 Å². The van der Waals surface area contributed by atoms with Crippen LogP contribution in [-0.2, 0) is 12.8 Å². The van der Waals surface area contributed by atoms with E-state index in [1.807, 2.05) is 0 Å². The summed E-state index contributed by atoms with van der Waals surface area (Å²) in [6, 6.07) is 9.34. The molecule has 0 aromatic heterocycles. The molecule has 0 N–H and O–H groups in total. The zero-order valence-corrected chi connectivity index (χ0v) is 10.7. The van der Waals surface area contributed by atoms with Gasteiger partial charge in [-0.1, -0.05) is 38.1 Å². The van der Waals surface area contributed by atoms with E-state index in [0.717, 1.165) is 12.8 Å². The Balaban J connectivity index is 2.71. The molecule has 0 aliphatic heterocycles. The van der Waals surface area contributed by atoms with Crippen LogP contribution in [0.15, 0.2) is 24.3 Å². The van der Waals surface area contributed by atoms with Crippen molar-refractivity contribution >= 4 is 10.8 Å². The first-order valence-corrected chi connectivity index (χ1v) is 6.18. The fourth-order valence-electron chi connectivity index (χ4n) is 2.43. The molecular formula is C16H20. The second kappa shape index (κ2) is 4.29. The Morgan fingerprint density at radius 1 is 0.688 bits per heavy atom. The Morgan fingerprint density at radius 3 is 1.44 bits per heavy atom. The molecule has 0 fully saturated rings. The predicted octanol–water partition coefficient (Wildman–Crippen LogP) is 4.58. The average Bonchev–Trinajstić information content (AvgIpc) is 2.27. The zero-order chi connectivity index (χ0) is 11.7. The highest BCUT2D eigenvalue weighted by Gasteiger charge is 2.03. The van der Waals surface area contributed by atoms with Crippen molar-refractivity contribution in [2.24, 2.45) is 0 Å². The molecule has 0 saturated heterocycles. The molecule has 0 nitrogen and oxygen atoms in total. The third kappa shape index (κ3) is 1.84. The Kier molecular flexibility index (Phi) is 3.00. The molecular weight excluding hydrogens is 192 g/mol. The minimum absolute atomic E-state index is 1.12. The van der Waals surface area contributed by atoms with E-state index < -0.39 is 0 Å². The fraction of sp³-hybridized carbons (Fsp3) is 0.375. The van der Waals surface area contributed by atoms with Crippen LogP contribution in [0.2, 0.25) is 0 Å². The van der Waals surface area contributed by atoms with Crippen molar-refractivity contribution < 1.29 is 0 Å². The molecule has 0 bridgehead atoms. The normalized spacial score (nSPS) is 11.0. The maximum Gasteiger partial charge on any atom is -0.0178 e. The maximum atomic E-state index is 2.35. The first kappa shape index (κ1) is 11.2. The molecule has 0 amide bonds. The van der Waals surface area contributed by atoms with Crippen LogP contribution in [0.3, 0.4) is 0 Å². The third-order valence-corrected chi connectivity index (χ3v) is 3.51. The lowest BCUT2D eigenvalue weighted by Gasteiger charge is -2.10. The topological polar surface area (TPSA) is 0 Å². The number of fused-ring (bicyclic) bond motifs is 1. The van der Waals surface area contributed by atoms with Crippen molar-refractivity contribution in [1.29, 1.82) is 0 Å². The van der Waals surface area contributed by atoms with Gasteiger partial charge in [-0.3, -0.25) is 0 Å². The molecule has 2 rings (SSSR count). The Labute approximate surface area is 98.3 Å². The molecule has 0 unspecified atom stereocenters. The molecule has 0 atom stereocenters. The second-order valence-corrected chi connectivity index (χ2v) is 4.61. The largest absolute Gasteiger partial charge is 0.0613 e. The molecule has 2 aromatic rings. The van der Waals surface area contributed by atoms with Gasteiger partial charge in [-0.25, -0.2) is 0 Å². The van der Waals surface area contributed by atoms with E-state index in [1.165, 1.54) is 33.0 Å². The van der Waals surface area contributed by atoms with Crippen LogP contribution in [0.1, 0.15) is 36.1 Å². The van der Waals surface area contributed by atoms with Crippen LogP contribution >= 0.6 is 0 Å². The number of hydrogen-bond acceptors (Lipinski definition) is 0. The van der Waals surface area contributed by atoms with Crippen molar-refractivity contribution in [3.63, 3.8) is 0 Å². The van der Waals surface area contributed by atoms with Gasteiger partial charge in [-0.15, -0.1) is 0 Å². The van der Waals surface area contributed by atoms with Gasteiger partial charge in [0.2, 0.25) is 0 Å². The summed E-state index contributed by atoms with van der Waals surface area (Å²) in [5, 5.41) is 2.77. The van der Waals surface area contributed by atoms with E-state index in [1.54, 1.807) is 0 Å². The molecule has 16 heavy (non-hydrogen) atoms. The van der Waals surface area contributed by atoms with Gasteiger partial charge in [0.1, 0.15) is 0 Å². The molecule has 0 radical (unpaired) electrons. The summed E-state index contributed by atoms with van der Waals surface area (Å²) in [5.41, 5.74) is 5.77. The quantitative estimate of drug-likeness (QED) is 0.683. The van der Waals surface area contributed by atoms with Gasteiger partial charge in [0.15, 0.2) is 0 Å². The van der Waals surface area contributed by atoms with Crippen LogP contribution in [-0.4, -0.2) is 0 Å². The Hall–Kier alpha value is -1.30. The Bertz CT molecular complexity index is 476. The fourth-order valence-corrected chi connectivity index (χ4v) is 2.43. The SMILES string of the molecule is CCc1cc2cc(CC)c(C)cc2cc1C. The van der Waals surface area contributed by atoms with E-state index in [0.29, 0.717) is 0 Å². The van der Waals surface area contributed by atoms with E-state index >= 15 is 0 Å². The van der Waals surface area contributed by atoms with Crippen molar-refractivity contribution in [1.82, 2.24) is 0 Å². The summed E-state index contributed by atoms with van der Waals surface area (Å²) in [6.07, 6.45) is 2.24. The number of hydrogen-bond donors (Lipinski definition) is 0. The van der Waals surface area contributed by atoms with Crippen LogP contribution in [0.25, 0.3) is 10.8 Å². The molecule has 0 heterocycles. The minimum Gasteiger partial charge on any atom is -0.0613 e. The van der Waals surface area contributed by atoms with Crippen LogP contribution in [0.5, 0.6) is 0 Å². The lowest BCUT2D eigenvalue weighted by Crippen LogP contribution is -1.91. The molecule has 84 valence electrons. The second-order valence-electron chi connectivity index (χ2n) is 4.61. The summed E-state index contributed by atoms with van der Waals surface area (Å²) >= 11 is 0. The van der Waals surface area contributed by atoms with Gasteiger partial charge >= 0.3 is 0 Å². The van der Waals surface area contributed by atoms with Crippen molar-refractivity contribution in [3.05, 3.63) is 46.5 Å². The molecule has 0 saturated carbocycles. The number of benzene rings is 2. The van der Waals surface area contributed by atoms with E-state index in [-0.39, 0.29) is 0 Å². The summed E-state index contributed by atoms with van der Waals surface area (Å²) in [4.78, 5) is 0. The average molecular weight is 212 g/mol. The molecule has 0 aliphatic carbocycles. The highest BCUT2D eigenvalue weighted by molar-refractivity contribution is 5.85. The van der Waals surface area contributed by atoms with Gasteiger partial charge in [0.25, 0.3) is 0 Å². The summed E-state index contributed by atoms with van der Waals surface area (Å²) in [7, 11) is 0. The molecule has 0 aliphatic rings. The smallest absolute Gasteiger partial charge is 0.0178 e. The predicted molar refractivity (Wildman–Crippen MR) is 72.2 cm³/mol. The lowest BCUT2D eigenvalue weighted by atomic mass is 9.95. The standard InChI is InChI=1S/C16H20/c1-5-13-9-16-10-14(6-2)12(4)8-15(16)7-11(13)3/h7-10H,5-6H2,1-4H3. The van der Waals surface area contributed by atoms with E-state index in [4.69, 9.17) is 0 Å². The van der Waals surface area contributed by atoms with Crippen molar-refractivity contribution in [2.75, 3.05) is 0 Å². The first-order chi connectivity index (χ1) is 7.65. The van der Waals surface area contributed by atoms with Crippen molar-refractivity contribution in [2.45, 2.75) is 40.5 Å². The Morgan fingerprint density at radius 2 is 1.06 bits per heavy atom. The van der Waals surface area contributed by atoms with Gasteiger partial charge in [-0.2, -0.15) is 0 Å². The molecule has 2 aromatic carbocycles. The van der Waals surface area contributed by atoms with Crippen LogP contribution in [0, 0.1) is 13.8 Å². The van der Waals surface area contributed by atoms with E-state index in [2.05, 4.69) is 52.0 Å². The van der Waals surface area contributed by atoms with Gasteiger partial charge in [0, 0.05) is 0 Å².